The molecule has 0 bridgehead atoms. The van der Waals surface area contributed by atoms with Crippen LogP contribution >= 0.6 is 22.9 Å². The Morgan fingerprint density at radius 3 is 2.54 bits per heavy atom. The number of thiophene rings is 1. The third-order valence-corrected chi connectivity index (χ3v) is 6.43. The third kappa shape index (κ3) is 6.48. The molecule has 1 aromatic rings. The topological polar surface area (TPSA) is 105 Å². The first kappa shape index (κ1) is 21.0. The van der Waals surface area contributed by atoms with Crippen LogP contribution in [0, 0.1) is 5.92 Å². The van der Waals surface area contributed by atoms with Crippen molar-refractivity contribution in [1.82, 2.24) is 9.62 Å². The first-order valence-electron chi connectivity index (χ1n) is 7.29. The van der Waals surface area contributed by atoms with Gasteiger partial charge in [0, 0.05) is 5.38 Å². The number of rotatable bonds is 7. The van der Waals surface area contributed by atoms with E-state index in [0.29, 0.717) is 11.4 Å². The minimum absolute atomic E-state index is 0.0118. The summed E-state index contributed by atoms with van der Waals surface area (Å²) in [6, 6.07) is 0.557. The maximum atomic E-state index is 13.2. The number of nitrogens with one attached hydrogen (secondary N) is 1. The Morgan fingerprint density at radius 1 is 1.46 bits per heavy atom. The van der Waals surface area contributed by atoms with Gasteiger partial charge in [-0.25, -0.2) is 4.21 Å². The summed E-state index contributed by atoms with van der Waals surface area (Å²) < 4.78 is 19.5. The Kier molecular flexibility index (Phi) is 7.81. The molecule has 0 saturated heterocycles. The maximum Gasteiger partial charge on any atom is 0.272 e. The van der Waals surface area contributed by atoms with Crippen LogP contribution in [0.3, 0.4) is 0 Å². The molecule has 1 aromatic heterocycles. The van der Waals surface area contributed by atoms with Crippen molar-refractivity contribution in [3.8, 4) is 0 Å². The highest BCUT2D eigenvalue weighted by Crippen LogP contribution is 2.25. The van der Waals surface area contributed by atoms with E-state index in [2.05, 4.69) is 9.08 Å². The molecule has 0 aliphatic heterocycles. The summed E-state index contributed by atoms with van der Waals surface area (Å²) in [4.78, 5) is 25.8. The van der Waals surface area contributed by atoms with Crippen molar-refractivity contribution >= 4 is 44.7 Å². The molecule has 136 valence electrons. The Bertz CT molecular complexity index is 709. The van der Waals surface area contributed by atoms with Crippen LogP contribution in [0.15, 0.2) is 20.0 Å². The van der Waals surface area contributed by atoms with Crippen LogP contribution in [0.5, 0.6) is 0 Å². The molecule has 1 rings (SSSR count). The number of likely N-dealkylation sites (N-methyl/N-ethyl adjacent to an activating group) is 1. The van der Waals surface area contributed by atoms with Gasteiger partial charge in [0.05, 0.1) is 17.6 Å². The van der Waals surface area contributed by atoms with Gasteiger partial charge in [0.1, 0.15) is 4.21 Å². The highest BCUT2D eigenvalue weighted by molar-refractivity contribution is 7.94. The summed E-state index contributed by atoms with van der Waals surface area (Å²) in [7, 11) is -0.0711. The molecular formula is C14H23ClN4O3S2. The average molecular weight is 395 g/mol. The SMILES string of the molecule is CC(C)CC(N)C(=O)N=S(=O)(NC(=O)CN(C)C)c1cc(Cl)cs1. The summed E-state index contributed by atoms with van der Waals surface area (Å²) in [6.45, 7) is 3.85. The van der Waals surface area contributed by atoms with E-state index in [-0.39, 0.29) is 16.7 Å². The molecular weight excluding hydrogens is 372 g/mol. The Hall–Kier alpha value is -1.000. The van der Waals surface area contributed by atoms with Crippen molar-refractivity contribution in [1.29, 1.82) is 0 Å². The van der Waals surface area contributed by atoms with Gasteiger partial charge in [0.2, 0.25) is 5.91 Å². The number of hydrogen-bond acceptors (Lipinski definition) is 6. The van der Waals surface area contributed by atoms with Gasteiger partial charge >= 0.3 is 0 Å². The van der Waals surface area contributed by atoms with E-state index in [1.165, 1.54) is 6.07 Å². The van der Waals surface area contributed by atoms with Crippen molar-refractivity contribution in [3.63, 3.8) is 0 Å². The number of carbonyl (C=O) groups is 2. The zero-order chi connectivity index (χ0) is 18.5. The predicted octanol–water partition coefficient (Wildman–Crippen LogP) is 1.72. The Balaban J connectivity index is 3.18. The normalized spacial score (nSPS) is 15.2. The summed E-state index contributed by atoms with van der Waals surface area (Å²) in [6.07, 6.45) is 0.411. The minimum Gasteiger partial charge on any atom is -0.320 e. The fraction of sp³-hybridized carbons (Fsp3) is 0.571. The van der Waals surface area contributed by atoms with Gasteiger partial charge in [-0.15, -0.1) is 15.7 Å². The molecule has 0 spiro atoms. The van der Waals surface area contributed by atoms with Gasteiger partial charge in [-0.3, -0.25) is 14.3 Å². The summed E-state index contributed by atoms with van der Waals surface area (Å²) in [5, 5.41) is 1.92. The van der Waals surface area contributed by atoms with Crippen molar-refractivity contribution in [2.45, 2.75) is 30.5 Å². The second-order valence-electron chi connectivity index (χ2n) is 6.04. The van der Waals surface area contributed by atoms with Crippen LogP contribution in [-0.2, 0) is 19.5 Å². The van der Waals surface area contributed by atoms with Crippen molar-refractivity contribution < 1.29 is 13.8 Å². The van der Waals surface area contributed by atoms with Crippen molar-refractivity contribution in [2.75, 3.05) is 20.6 Å². The summed E-state index contributed by atoms with van der Waals surface area (Å²) >= 11 is 6.93. The number of nitrogens with zero attached hydrogens (tertiary/aromatic N) is 2. The highest BCUT2D eigenvalue weighted by Gasteiger charge is 2.23. The molecule has 2 unspecified atom stereocenters. The van der Waals surface area contributed by atoms with Gasteiger partial charge in [0.25, 0.3) is 5.91 Å². The van der Waals surface area contributed by atoms with Crippen LogP contribution < -0.4 is 10.5 Å². The molecule has 0 saturated carbocycles. The van der Waals surface area contributed by atoms with Crippen LogP contribution in [0.1, 0.15) is 20.3 Å². The Morgan fingerprint density at radius 2 is 2.08 bits per heavy atom. The number of hydrogen-bond donors (Lipinski definition) is 2. The first-order valence-corrected chi connectivity index (χ1v) is 10.1. The molecule has 24 heavy (non-hydrogen) atoms. The van der Waals surface area contributed by atoms with E-state index in [9.17, 15) is 13.8 Å². The Labute approximate surface area is 151 Å². The van der Waals surface area contributed by atoms with Crippen LogP contribution in [0.4, 0.5) is 0 Å². The lowest BCUT2D eigenvalue weighted by Gasteiger charge is -2.15. The van der Waals surface area contributed by atoms with Gasteiger partial charge in [-0.05, 0) is 32.5 Å². The van der Waals surface area contributed by atoms with E-state index in [4.69, 9.17) is 17.3 Å². The summed E-state index contributed by atoms with van der Waals surface area (Å²) in [5.74, 6) is -1.03. The molecule has 3 N–H and O–H groups in total. The van der Waals surface area contributed by atoms with E-state index < -0.39 is 27.8 Å². The molecule has 2 amide bonds. The van der Waals surface area contributed by atoms with E-state index in [1.807, 2.05) is 13.8 Å². The third-order valence-electron chi connectivity index (χ3n) is 2.79. The molecule has 2 atom stereocenters. The van der Waals surface area contributed by atoms with Crippen molar-refractivity contribution in [2.24, 2.45) is 16.0 Å². The lowest BCUT2D eigenvalue weighted by molar-refractivity contribution is -0.120. The van der Waals surface area contributed by atoms with Gasteiger partial charge in [-0.1, -0.05) is 25.4 Å². The molecule has 0 radical (unpaired) electrons. The molecule has 7 nitrogen and oxygen atoms in total. The van der Waals surface area contributed by atoms with Gasteiger partial charge in [-0.2, -0.15) is 0 Å². The zero-order valence-electron chi connectivity index (χ0n) is 14.1. The smallest absolute Gasteiger partial charge is 0.272 e. The monoisotopic (exact) mass is 394 g/mol. The van der Waals surface area contributed by atoms with Crippen LogP contribution in [0.25, 0.3) is 0 Å². The highest BCUT2D eigenvalue weighted by atomic mass is 35.5. The van der Waals surface area contributed by atoms with E-state index in [1.54, 1.807) is 24.4 Å². The maximum absolute atomic E-state index is 13.2. The number of amides is 2. The van der Waals surface area contributed by atoms with E-state index >= 15 is 0 Å². The molecule has 0 aromatic carbocycles. The second-order valence-corrected chi connectivity index (χ2v) is 9.52. The second kappa shape index (κ2) is 8.91. The quantitative estimate of drug-likeness (QED) is 0.732. The lowest BCUT2D eigenvalue weighted by Crippen LogP contribution is -2.38. The minimum atomic E-state index is -3.47. The molecule has 0 aliphatic carbocycles. The predicted molar refractivity (Wildman–Crippen MR) is 97.3 cm³/mol. The number of halogens is 1. The first-order chi connectivity index (χ1) is 11.0. The van der Waals surface area contributed by atoms with Gasteiger partial charge in [0.15, 0.2) is 9.92 Å². The average Bonchev–Trinajstić information content (AvgIpc) is 2.83. The lowest BCUT2D eigenvalue weighted by atomic mass is 10.0. The van der Waals surface area contributed by atoms with Crippen LogP contribution in [-0.4, -0.2) is 47.6 Å². The van der Waals surface area contributed by atoms with Gasteiger partial charge < -0.3 is 10.6 Å². The molecule has 10 heteroatoms. The molecule has 0 aliphatic rings. The fourth-order valence-electron chi connectivity index (χ4n) is 1.84. The largest absolute Gasteiger partial charge is 0.320 e. The molecule has 1 heterocycles. The van der Waals surface area contributed by atoms with Crippen LogP contribution in [0.2, 0.25) is 5.02 Å². The summed E-state index contributed by atoms with van der Waals surface area (Å²) in [5.41, 5.74) is 5.81. The number of nitrogens with two attached hydrogens (primary N) is 1. The van der Waals surface area contributed by atoms with Crippen molar-refractivity contribution in [3.05, 3.63) is 16.5 Å². The number of carbonyl (C=O) groups excluding carboxylic acids is 2. The van der Waals surface area contributed by atoms with E-state index in [0.717, 1.165) is 11.3 Å². The zero-order valence-corrected chi connectivity index (χ0v) is 16.5. The fourth-order valence-corrected chi connectivity index (χ4v) is 4.89. The standard InChI is InChI=1S/C14H23ClN4O3S2/c1-9(2)5-11(16)14(21)18-24(22,13-6-10(15)8-23-13)17-12(20)7-19(3)4/h6,8-9,11H,5,7,16H2,1-4H3,(H,17,18,20,21,22). The molecule has 0 fully saturated rings.